The molecule has 0 spiro atoms. The Balaban J connectivity index is 3.41. The second-order valence-corrected chi connectivity index (χ2v) is 3.05. The minimum absolute atomic E-state index is 0.348. The molecule has 17 heavy (non-hydrogen) atoms. The highest BCUT2D eigenvalue weighted by Crippen LogP contribution is 2.35. The number of halogens is 3. The maximum Gasteiger partial charge on any atom is 0.418 e. The van der Waals surface area contributed by atoms with Crippen LogP contribution in [0.5, 0.6) is 0 Å². The van der Waals surface area contributed by atoms with Crippen molar-refractivity contribution in [2.24, 2.45) is 0 Å². The number of nitrogens with zero attached hydrogens (tertiary/aromatic N) is 1. The summed E-state index contributed by atoms with van der Waals surface area (Å²) in [6, 6.07) is 4.82. The van der Waals surface area contributed by atoms with Crippen LogP contribution in [0.25, 0.3) is 6.08 Å². The molecule has 0 amide bonds. The van der Waals surface area contributed by atoms with E-state index in [1.807, 2.05) is 0 Å². The Morgan fingerprint density at radius 1 is 1.41 bits per heavy atom. The molecule has 0 fully saturated rings. The highest BCUT2D eigenvalue weighted by Gasteiger charge is 2.35. The van der Waals surface area contributed by atoms with E-state index in [0.29, 0.717) is 6.08 Å². The molecule has 1 rings (SSSR count). The summed E-state index contributed by atoms with van der Waals surface area (Å²) in [5.41, 5.74) is -2.01. The zero-order valence-electron chi connectivity index (χ0n) is 8.32. The standard InChI is InChI=1S/C11H6F3NO2/c12-11(13,14)10-7(4-5-9(16)17)2-1-3-8(10)6-15/h1-5H,(H,16,17)/b5-4+. The molecular weight excluding hydrogens is 235 g/mol. The van der Waals surface area contributed by atoms with Gasteiger partial charge in [-0.3, -0.25) is 0 Å². The van der Waals surface area contributed by atoms with Gasteiger partial charge >= 0.3 is 12.1 Å². The van der Waals surface area contributed by atoms with Crippen molar-refractivity contribution >= 4 is 12.0 Å². The molecule has 0 saturated carbocycles. The molecule has 0 unspecified atom stereocenters. The molecule has 0 bridgehead atoms. The smallest absolute Gasteiger partial charge is 0.418 e. The van der Waals surface area contributed by atoms with E-state index in [9.17, 15) is 18.0 Å². The lowest BCUT2D eigenvalue weighted by atomic mass is 10.0. The van der Waals surface area contributed by atoms with E-state index >= 15 is 0 Å². The van der Waals surface area contributed by atoms with Crippen molar-refractivity contribution in [1.82, 2.24) is 0 Å². The van der Waals surface area contributed by atoms with Crippen LogP contribution >= 0.6 is 0 Å². The van der Waals surface area contributed by atoms with Gasteiger partial charge in [0.05, 0.1) is 17.2 Å². The quantitative estimate of drug-likeness (QED) is 0.809. The lowest BCUT2D eigenvalue weighted by Gasteiger charge is -2.11. The Bertz CT molecular complexity index is 512. The highest BCUT2D eigenvalue weighted by atomic mass is 19.4. The van der Waals surface area contributed by atoms with Gasteiger partial charge in [0.1, 0.15) is 0 Å². The predicted molar refractivity (Wildman–Crippen MR) is 52.8 cm³/mol. The Hall–Kier alpha value is -2.29. The molecule has 0 saturated heterocycles. The molecule has 0 atom stereocenters. The maximum absolute atomic E-state index is 12.7. The summed E-state index contributed by atoms with van der Waals surface area (Å²) >= 11 is 0. The first-order valence-corrected chi connectivity index (χ1v) is 4.37. The lowest BCUT2D eigenvalue weighted by Crippen LogP contribution is -2.10. The van der Waals surface area contributed by atoms with Crippen LogP contribution < -0.4 is 0 Å². The number of nitriles is 1. The topological polar surface area (TPSA) is 61.1 Å². The van der Waals surface area contributed by atoms with Gasteiger partial charge in [-0.05, 0) is 17.7 Å². The molecule has 1 aromatic rings. The largest absolute Gasteiger partial charge is 0.478 e. The first-order valence-electron chi connectivity index (χ1n) is 4.37. The molecule has 0 aliphatic heterocycles. The van der Waals surface area contributed by atoms with Crippen LogP contribution in [0.2, 0.25) is 0 Å². The molecule has 3 nitrogen and oxygen atoms in total. The van der Waals surface area contributed by atoms with Crippen LogP contribution in [0.3, 0.4) is 0 Å². The molecule has 6 heteroatoms. The van der Waals surface area contributed by atoms with Gasteiger partial charge in [0, 0.05) is 6.08 Å². The average molecular weight is 241 g/mol. The van der Waals surface area contributed by atoms with Crippen LogP contribution in [-0.2, 0) is 11.0 Å². The SMILES string of the molecule is N#Cc1cccc(/C=C/C(=O)O)c1C(F)(F)F. The summed E-state index contributed by atoms with van der Waals surface area (Å²) in [4.78, 5) is 10.3. The van der Waals surface area contributed by atoms with Gasteiger partial charge < -0.3 is 5.11 Å². The van der Waals surface area contributed by atoms with Crippen LogP contribution in [0.15, 0.2) is 24.3 Å². The average Bonchev–Trinajstić information content (AvgIpc) is 2.24. The van der Waals surface area contributed by atoms with Gasteiger partial charge in [-0.2, -0.15) is 18.4 Å². The molecule has 0 aliphatic carbocycles. The Labute approximate surface area is 94.4 Å². The van der Waals surface area contributed by atoms with E-state index in [4.69, 9.17) is 10.4 Å². The van der Waals surface area contributed by atoms with Gasteiger partial charge in [0.15, 0.2) is 0 Å². The molecular formula is C11H6F3NO2. The van der Waals surface area contributed by atoms with E-state index in [1.165, 1.54) is 12.1 Å². The van der Waals surface area contributed by atoms with Crippen molar-refractivity contribution in [3.63, 3.8) is 0 Å². The third kappa shape index (κ3) is 3.08. The minimum atomic E-state index is -4.70. The summed E-state index contributed by atoms with van der Waals surface area (Å²) in [6.07, 6.45) is -3.30. The number of carbonyl (C=O) groups is 1. The van der Waals surface area contributed by atoms with Crippen molar-refractivity contribution in [2.45, 2.75) is 6.18 Å². The number of aliphatic carboxylic acids is 1. The molecule has 1 aromatic carbocycles. The summed E-state index contributed by atoms with van der Waals surface area (Å²) in [5, 5.41) is 17.0. The Kier molecular flexibility index (Phi) is 3.53. The summed E-state index contributed by atoms with van der Waals surface area (Å²) in [5.74, 6) is -1.36. The number of carboxylic acids is 1. The fourth-order valence-electron chi connectivity index (χ4n) is 1.28. The van der Waals surface area contributed by atoms with E-state index in [-0.39, 0.29) is 5.56 Å². The fraction of sp³-hybridized carbons (Fsp3) is 0.0909. The maximum atomic E-state index is 12.7. The fourth-order valence-corrected chi connectivity index (χ4v) is 1.28. The summed E-state index contributed by atoms with van der Waals surface area (Å²) in [7, 11) is 0. The van der Waals surface area contributed by atoms with Gasteiger partial charge in [0.2, 0.25) is 0 Å². The van der Waals surface area contributed by atoms with Crippen molar-refractivity contribution in [3.05, 3.63) is 41.0 Å². The molecule has 88 valence electrons. The predicted octanol–water partition coefficient (Wildman–Crippen LogP) is 2.67. The lowest BCUT2D eigenvalue weighted by molar-refractivity contribution is -0.138. The van der Waals surface area contributed by atoms with E-state index in [2.05, 4.69) is 0 Å². The molecule has 0 radical (unpaired) electrons. The second kappa shape index (κ2) is 4.70. The molecule has 0 aromatic heterocycles. The number of alkyl halides is 3. The zero-order chi connectivity index (χ0) is 13.1. The van der Waals surface area contributed by atoms with Gasteiger partial charge in [-0.15, -0.1) is 0 Å². The van der Waals surface area contributed by atoms with E-state index in [1.54, 1.807) is 0 Å². The van der Waals surface area contributed by atoms with Crippen molar-refractivity contribution in [3.8, 4) is 6.07 Å². The van der Waals surface area contributed by atoms with Gasteiger partial charge in [-0.25, -0.2) is 4.79 Å². The zero-order valence-corrected chi connectivity index (χ0v) is 8.32. The van der Waals surface area contributed by atoms with Crippen LogP contribution in [0.4, 0.5) is 13.2 Å². The Morgan fingerprint density at radius 3 is 2.53 bits per heavy atom. The Morgan fingerprint density at radius 2 is 2.06 bits per heavy atom. The highest BCUT2D eigenvalue weighted by molar-refractivity contribution is 5.85. The number of rotatable bonds is 2. The molecule has 0 heterocycles. The minimum Gasteiger partial charge on any atom is -0.478 e. The number of hydrogen-bond acceptors (Lipinski definition) is 2. The van der Waals surface area contributed by atoms with Crippen LogP contribution in [0, 0.1) is 11.3 Å². The van der Waals surface area contributed by atoms with Crippen molar-refractivity contribution < 1.29 is 23.1 Å². The van der Waals surface area contributed by atoms with Gasteiger partial charge in [-0.1, -0.05) is 12.1 Å². The number of carboxylic acid groups (broad SMARTS) is 1. The van der Waals surface area contributed by atoms with E-state index < -0.39 is 23.3 Å². The molecule has 0 aliphatic rings. The van der Waals surface area contributed by atoms with Crippen molar-refractivity contribution in [2.75, 3.05) is 0 Å². The van der Waals surface area contributed by atoms with E-state index in [0.717, 1.165) is 18.2 Å². The third-order valence-corrected chi connectivity index (χ3v) is 1.91. The van der Waals surface area contributed by atoms with Gasteiger partial charge in [0.25, 0.3) is 0 Å². The third-order valence-electron chi connectivity index (χ3n) is 1.91. The number of benzene rings is 1. The monoisotopic (exact) mass is 241 g/mol. The summed E-state index contributed by atoms with van der Waals surface area (Å²) in [6.45, 7) is 0. The molecule has 1 N–H and O–H groups in total. The first-order chi connectivity index (χ1) is 7.86. The summed E-state index contributed by atoms with van der Waals surface area (Å²) < 4.78 is 38.1. The van der Waals surface area contributed by atoms with Crippen LogP contribution in [0.1, 0.15) is 16.7 Å². The van der Waals surface area contributed by atoms with Crippen LogP contribution in [-0.4, -0.2) is 11.1 Å². The second-order valence-electron chi connectivity index (χ2n) is 3.05. The number of hydrogen-bond donors (Lipinski definition) is 1. The first kappa shape index (κ1) is 12.8. The normalized spacial score (nSPS) is 11.4. The van der Waals surface area contributed by atoms with Crippen molar-refractivity contribution in [1.29, 1.82) is 5.26 Å².